The lowest BCUT2D eigenvalue weighted by atomic mass is 10.1. The predicted octanol–water partition coefficient (Wildman–Crippen LogP) is 4.32. The number of halogens is 2. The molecule has 138 valence electrons. The van der Waals surface area contributed by atoms with Gasteiger partial charge in [-0.05, 0) is 100 Å². The number of hydrogen-bond donors (Lipinski definition) is 2. The van der Waals surface area contributed by atoms with Gasteiger partial charge in [0.15, 0.2) is 0 Å². The molecule has 1 amide bonds. The van der Waals surface area contributed by atoms with Crippen molar-refractivity contribution in [3.8, 4) is 11.8 Å². The van der Waals surface area contributed by atoms with Gasteiger partial charge < -0.3 is 15.2 Å². The van der Waals surface area contributed by atoms with E-state index in [-0.39, 0.29) is 17.9 Å². The Morgan fingerprint density at radius 2 is 1.81 bits per heavy atom. The summed E-state index contributed by atoms with van der Waals surface area (Å²) in [5.74, 6) is -0.845. The van der Waals surface area contributed by atoms with Crippen molar-refractivity contribution in [1.82, 2.24) is 0 Å². The van der Waals surface area contributed by atoms with Crippen molar-refractivity contribution in [2.45, 2.75) is 6.92 Å². The molecular formula is C19H14I2N2O4. The van der Waals surface area contributed by atoms with Crippen LogP contribution in [0.25, 0.3) is 6.08 Å². The van der Waals surface area contributed by atoms with Crippen LogP contribution in [0.2, 0.25) is 0 Å². The molecule has 2 N–H and O–H groups in total. The monoisotopic (exact) mass is 588 g/mol. The molecule has 0 saturated heterocycles. The van der Waals surface area contributed by atoms with E-state index in [1.807, 2.05) is 51.3 Å². The summed E-state index contributed by atoms with van der Waals surface area (Å²) in [7, 11) is 0. The molecule has 0 spiro atoms. The minimum atomic E-state index is -0.570. The van der Waals surface area contributed by atoms with Crippen molar-refractivity contribution in [3.05, 3.63) is 60.2 Å². The molecule has 0 fully saturated rings. The Hall–Kier alpha value is -2.13. The zero-order valence-corrected chi connectivity index (χ0v) is 18.4. The number of carbonyl (C=O) groups excluding carboxylic acids is 2. The molecule has 27 heavy (non-hydrogen) atoms. The average Bonchev–Trinajstić information content (AvgIpc) is 2.64. The Balaban J connectivity index is 2.18. The number of amides is 1. The molecule has 0 heterocycles. The molecule has 2 aromatic carbocycles. The van der Waals surface area contributed by atoms with Crippen molar-refractivity contribution >= 4 is 68.8 Å². The molecule has 2 rings (SSSR count). The summed E-state index contributed by atoms with van der Waals surface area (Å²) in [5, 5.41) is 21.7. The van der Waals surface area contributed by atoms with Gasteiger partial charge in [-0.25, -0.2) is 4.79 Å². The standard InChI is InChI=1S/C19H14I2N2O4/c1-2-27-19(26)12-3-5-14(6-4-12)23-18(25)13(10-22)7-11-8-15(20)17(24)16(21)9-11/h3-9,24H,2H2,1H3,(H,23,25)/b13-7+. The van der Waals surface area contributed by atoms with Crippen LogP contribution in [-0.2, 0) is 9.53 Å². The second-order valence-corrected chi connectivity index (χ2v) is 7.58. The Bertz CT molecular complexity index is 924. The summed E-state index contributed by atoms with van der Waals surface area (Å²) < 4.78 is 6.15. The van der Waals surface area contributed by atoms with Crippen molar-refractivity contribution in [2.75, 3.05) is 11.9 Å². The lowest BCUT2D eigenvalue weighted by Gasteiger charge is -2.07. The first-order valence-electron chi connectivity index (χ1n) is 7.74. The first kappa shape index (κ1) is 21.2. The van der Waals surface area contributed by atoms with Crippen LogP contribution < -0.4 is 5.32 Å². The molecular weight excluding hydrogens is 574 g/mol. The number of phenols is 1. The fraction of sp³-hybridized carbons (Fsp3) is 0.105. The van der Waals surface area contributed by atoms with Gasteiger partial charge in [0.1, 0.15) is 17.4 Å². The highest BCUT2D eigenvalue weighted by molar-refractivity contribution is 14.1. The third kappa shape index (κ3) is 5.67. The number of ether oxygens (including phenoxy) is 1. The molecule has 0 saturated carbocycles. The number of esters is 1. The maximum atomic E-state index is 12.4. The normalized spacial score (nSPS) is 10.8. The van der Waals surface area contributed by atoms with Gasteiger partial charge in [0, 0.05) is 5.69 Å². The Morgan fingerprint density at radius 3 is 2.33 bits per heavy atom. The van der Waals surface area contributed by atoms with E-state index in [0.717, 1.165) is 0 Å². The van der Waals surface area contributed by atoms with E-state index in [4.69, 9.17) is 4.74 Å². The van der Waals surface area contributed by atoms with E-state index in [9.17, 15) is 20.0 Å². The number of carbonyl (C=O) groups is 2. The first-order valence-corrected chi connectivity index (χ1v) is 9.89. The Morgan fingerprint density at radius 1 is 1.22 bits per heavy atom. The van der Waals surface area contributed by atoms with Crippen LogP contribution in [-0.4, -0.2) is 23.6 Å². The smallest absolute Gasteiger partial charge is 0.338 e. The maximum absolute atomic E-state index is 12.4. The van der Waals surface area contributed by atoms with E-state index in [2.05, 4.69) is 5.32 Å². The molecule has 2 aromatic rings. The number of anilines is 1. The number of rotatable bonds is 5. The maximum Gasteiger partial charge on any atom is 0.338 e. The minimum Gasteiger partial charge on any atom is -0.506 e. The van der Waals surface area contributed by atoms with Gasteiger partial charge in [-0.3, -0.25) is 4.79 Å². The lowest BCUT2D eigenvalue weighted by Crippen LogP contribution is -2.13. The number of nitrogens with zero attached hydrogens (tertiary/aromatic N) is 1. The van der Waals surface area contributed by atoms with Crippen molar-refractivity contribution in [3.63, 3.8) is 0 Å². The first-order chi connectivity index (χ1) is 12.8. The van der Waals surface area contributed by atoms with E-state index in [1.165, 1.54) is 18.2 Å². The van der Waals surface area contributed by atoms with Gasteiger partial charge in [0.2, 0.25) is 0 Å². The quantitative estimate of drug-likeness (QED) is 0.235. The van der Waals surface area contributed by atoms with E-state index in [1.54, 1.807) is 31.2 Å². The van der Waals surface area contributed by atoms with E-state index < -0.39 is 11.9 Å². The van der Waals surface area contributed by atoms with Crippen molar-refractivity contribution < 1.29 is 19.4 Å². The second-order valence-electron chi connectivity index (χ2n) is 5.25. The van der Waals surface area contributed by atoms with Gasteiger partial charge >= 0.3 is 5.97 Å². The van der Waals surface area contributed by atoms with Crippen LogP contribution in [0.1, 0.15) is 22.8 Å². The van der Waals surface area contributed by atoms with Gasteiger partial charge in [-0.15, -0.1) is 0 Å². The summed E-state index contributed by atoms with van der Waals surface area (Å²) in [6.07, 6.45) is 1.45. The highest BCUT2D eigenvalue weighted by atomic mass is 127. The molecule has 6 nitrogen and oxygen atoms in total. The van der Waals surface area contributed by atoms with Crippen LogP contribution in [0.15, 0.2) is 42.0 Å². The minimum absolute atomic E-state index is 0.0817. The molecule has 0 atom stereocenters. The van der Waals surface area contributed by atoms with Crippen molar-refractivity contribution in [2.24, 2.45) is 0 Å². The average molecular weight is 588 g/mol. The number of hydrogen-bond acceptors (Lipinski definition) is 5. The van der Waals surface area contributed by atoms with Crippen LogP contribution in [0.4, 0.5) is 5.69 Å². The highest BCUT2D eigenvalue weighted by Gasteiger charge is 2.12. The molecule has 0 bridgehead atoms. The Kier molecular flexibility index (Phi) is 7.61. The topological polar surface area (TPSA) is 99.4 Å². The largest absolute Gasteiger partial charge is 0.506 e. The van der Waals surface area contributed by atoms with Crippen LogP contribution in [0.5, 0.6) is 5.75 Å². The summed E-state index contributed by atoms with van der Waals surface area (Å²) in [5.41, 5.74) is 1.37. The molecule has 8 heteroatoms. The molecule has 0 aliphatic carbocycles. The molecule has 0 unspecified atom stereocenters. The van der Waals surface area contributed by atoms with Gasteiger partial charge in [-0.2, -0.15) is 5.26 Å². The van der Waals surface area contributed by atoms with Crippen LogP contribution in [0, 0.1) is 18.5 Å². The third-order valence-corrected chi connectivity index (χ3v) is 5.01. The fourth-order valence-electron chi connectivity index (χ4n) is 2.09. The van der Waals surface area contributed by atoms with E-state index >= 15 is 0 Å². The molecule has 0 radical (unpaired) electrons. The van der Waals surface area contributed by atoms with Gasteiger partial charge in [0.25, 0.3) is 5.91 Å². The predicted molar refractivity (Wildman–Crippen MR) is 118 cm³/mol. The highest BCUT2D eigenvalue weighted by Crippen LogP contribution is 2.28. The lowest BCUT2D eigenvalue weighted by molar-refractivity contribution is -0.112. The van der Waals surface area contributed by atoms with Gasteiger partial charge in [-0.1, -0.05) is 0 Å². The number of benzene rings is 2. The number of nitriles is 1. The van der Waals surface area contributed by atoms with Gasteiger partial charge in [0.05, 0.1) is 19.3 Å². The van der Waals surface area contributed by atoms with E-state index in [0.29, 0.717) is 24.0 Å². The van der Waals surface area contributed by atoms with Crippen LogP contribution >= 0.6 is 45.2 Å². The number of nitrogens with one attached hydrogen (secondary N) is 1. The third-order valence-electron chi connectivity index (χ3n) is 3.37. The summed E-state index contributed by atoms with van der Waals surface area (Å²) >= 11 is 3.96. The Labute approximate surface area is 183 Å². The molecule has 0 aliphatic rings. The summed E-state index contributed by atoms with van der Waals surface area (Å²) in [6, 6.07) is 11.4. The number of aromatic hydroxyl groups is 1. The summed E-state index contributed by atoms with van der Waals surface area (Å²) in [6.45, 7) is 2.00. The molecule has 0 aliphatic heterocycles. The SMILES string of the molecule is CCOC(=O)c1ccc(NC(=O)/C(C#N)=C/c2cc(I)c(O)c(I)c2)cc1. The zero-order chi connectivity index (χ0) is 20.0. The van der Waals surface area contributed by atoms with Crippen LogP contribution in [0.3, 0.4) is 0 Å². The zero-order valence-electron chi connectivity index (χ0n) is 14.1. The summed E-state index contributed by atoms with van der Waals surface area (Å²) in [4.78, 5) is 24.0. The fourth-order valence-corrected chi connectivity index (χ4v) is 3.90. The molecule has 0 aromatic heterocycles. The van der Waals surface area contributed by atoms with Crippen molar-refractivity contribution in [1.29, 1.82) is 5.26 Å². The second kappa shape index (κ2) is 9.70. The number of phenolic OH excluding ortho intramolecular Hbond substituents is 1.